The predicted molar refractivity (Wildman–Crippen MR) is 32.0 cm³/mol. The molecule has 0 aromatic heterocycles. The molecule has 0 aliphatic heterocycles. The summed E-state index contributed by atoms with van der Waals surface area (Å²) in [4.78, 5) is 0. The first kappa shape index (κ1) is 98.5. The van der Waals surface area contributed by atoms with Crippen LogP contribution in [0.1, 0.15) is 0 Å². The molecular weight excluding hydrogens is 61.9 g/mol. The van der Waals surface area contributed by atoms with Crippen molar-refractivity contribution >= 4 is 39.9 Å². The fourth-order valence-electron chi connectivity index (χ4n) is 0. The summed E-state index contributed by atoms with van der Waals surface area (Å²) in [5.74, 6) is 0. The van der Waals surface area contributed by atoms with Crippen LogP contribution in [0.3, 0.4) is 0 Å². The van der Waals surface area contributed by atoms with Crippen LogP contribution >= 0.6 is 0 Å². The molecule has 0 saturated heterocycles. The van der Waals surface area contributed by atoms with E-state index in [-0.39, 0.29) is 45.4 Å². The van der Waals surface area contributed by atoms with E-state index in [0.29, 0.717) is 0 Å². The molecule has 0 atom stereocenters. The molecule has 0 rings (SSSR count). The van der Waals surface area contributed by atoms with E-state index in [1.165, 1.54) is 0 Å². The third-order valence-electron chi connectivity index (χ3n) is 0. The van der Waals surface area contributed by atoms with Gasteiger partial charge in [0.1, 0.15) is 0 Å². The monoisotopic (exact) mass is 72.1 g/mol. The van der Waals surface area contributed by atoms with Gasteiger partial charge in [-0.15, -0.1) is 0 Å². The van der Waals surface area contributed by atoms with Crippen LogP contribution in [0.15, 0.2) is 0 Å². The summed E-state index contributed by atoms with van der Waals surface area (Å²) in [7, 11) is 0. The SMILES string of the molecule is O.[BH4-].[BH4-].[Mg+2]. The minimum Gasteiger partial charge on any atom is -0.412 e. The normalized spacial score (nSPS) is 0. The smallest absolute Gasteiger partial charge is 0.412 e. The van der Waals surface area contributed by atoms with Gasteiger partial charge in [-0.2, -0.15) is 0 Å². The van der Waals surface area contributed by atoms with Crippen LogP contribution in [-0.4, -0.2) is 45.4 Å². The van der Waals surface area contributed by atoms with E-state index in [4.69, 9.17) is 0 Å². The van der Waals surface area contributed by atoms with Crippen molar-refractivity contribution in [1.82, 2.24) is 0 Å². The Morgan fingerprint density at radius 3 is 0.750 bits per heavy atom. The molecule has 0 aliphatic rings. The first-order valence-corrected chi connectivity index (χ1v) is 0. The molecule has 0 aromatic carbocycles. The molecule has 0 spiro atoms. The van der Waals surface area contributed by atoms with Crippen LogP contribution in [-0.2, 0) is 0 Å². The molecular formula is H10B2MgO. The van der Waals surface area contributed by atoms with Crippen LogP contribution in [0.4, 0.5) is 0 Å². The van der Waals surface area contributed by atoms with Gasteiger partial charge in [0, 0.05) is 0 Å². The van der Waals surface area contributed by atoms with Crippen molar-refractivity contribution in [3.8, 4) is 0 Å². The Morgan fingerprint density at radius 2 is 0.750 bits per heavy atom. The average Bonchev–Trinajstić information content (AvgIpc) is 0. The van der Waals surface area contributed by atoms with E-state index in [2.05, 4.69) is 0 Å². The summed E-state index contributed by atoms with van der Waals surface area (Å²) >= 11 is 0. The maximum atomic E-state index is 0. The van der Waals surface area contributed by atoms with Gasteiger partial charge in [-0.25, -0.2) is 0 Å². The third-order valence-corrected chi connectivity index (χ3v) is 0. The second kappa shape index (κ2) is 42.9. The Bertz CT molecular complexity index is 6.00. The maximum absolute atomic E-state index is 0. The summed E-state index contributed by atoms with van der Waals surface area (Å²) in [6.07, 6.45) is 0. The Hall–Kier alpha value is 0.856. The molecule has 4 heteroatoms. The zero-order valence-corrected chi connectivity index (χ0v) is 2.62. The summed E-state index contributed by atoms with van der Waals surface area (Å²) < 4.78 is 0. The molecule has 4 heavy (non-hydrogen) atoms. The molecule has 0 fully saturated rings. The van der Waals surface area contributed by atoms with Crippen molar-refractivity contribution in [1.29, 1.82) is 0 Å². The Labute approximate surface area is 45.8 Å². The third kappa shape index (κ3) is 13.4. The Balaban J connectivity index is 0. The first-order chi connectivity index (χ1) is 0. The van der Waals surface area contributed by atoms with Gasteiger partial charge in [0.25, 0.3) is 0 Å². The van der Waals surface area contributed by atoms with E-state index in [0.717, 1.165) is 0 Å². The van der Waals surface area contributed by atoms with Crippen LogP contribution in [0.25, 0.3) is 0 Å². The number of rotatable bonds is 0. The molecule has 0 aromatic rings. The van der Waals surface area contributed by atoms with Crippen molar-refractivity contribution in [2.24, 2.45) is 0 Å². The quantitative estimate of drug-likeness (QED) is 0.260. The zero-order valence-electron chi connectivity index (χ0n) is 1.21. The van der Waals surface area contributed by atoms with E-state index in [1.54, 1.807) is 0 Å². The van der Waals surface area contributed by atoms with Crippen molar-refractivity contribution in [2.45, 2.75) is 0 Å². The second-order valence-corrected chi connectivity index (χ2v) is 0. The van der Waals surface area contributed by atoms with Gasteiger partial charge in [-0.1, -0.05) is 16.8 Å². The minimum atomic E-state index is 0. The fraction of sp³-hybridized carbons (Fsp3) is 0. The molecule has 2 N–H and O–H groups in total. The first-order valence-electron chi connectivity index (χ1n) is 0. The van der Waals surface area contributed by atoms with Crippen LogP contribution in [0, 0.1) is 0 Å². The van der Waals surface area contributed by atoms with E-state index in [1.807, 2.05) is 0 Å². The minimum absolute atomic E-state index is 0. The van der Waals surface area contributed by atoms with Gasteiger partial charge in [-0.05, 0) is 0 Å². The van der Waals surface area contributed by atoms with Gasteiger partial charge in [0.15, 0.2) is 0 Å². The van der Waals surface area contributed by atoms with Crippen molar-refractivity contribution in [3.63, 3.8) is 0 Å². The Morgan fingerprint density at radius 1 is 0.750 bits per heavy atom. The van der Waals surface area contributed by atoms with Gasteiger partial charge >= 0.3 is 23.1 Å². The second-order valence-electron chi connectivity index (χ2n) is 0. The topological polar surface area (TPSA) is 31.5 Å². The maximum Gasteiger partial charge on any atom is 2.00 e. The molecule has 0 unspecified atom stereocenters. The summed E-state index contributed by atoms with van der Waals surface area (Å²) in [5.41, 5.74) is 0. The number of hydrogen-bond acceptors (Lipinski definition) is 0. The molecule has 24 valence electrons. The van der Waals surface area contributed by atoms with Crippen molar-refractivity contribution in [3.05, 3.63) is 0 Å². The molecule has 0 amide bonds. The molecule has 0 bridgehead atoms. The standard InChI is InChI=1S/2BH4.Mg.H2O/h2*1H4;;1H2/q2*-1;+2;. The van der Waals surface area contributed by atoms with E-state index >= 15 is 0 Å². The van der Waals surface area contributed by atoms with E-state index < -0.39 is 0 Å². The van der Waals surface area contributed by atoms with Gasteiger partial charge in [0.05, 0.1) is 0 Å². The molecule has 1 nitrogen and oxygen atoms in total. The summed E-state index contributed by atoms with van der Waals surface area (Å²) in [5, 5.41) is 0. The summed E-state index contributed by atoms with van der Waals surface area (Å²) in [6, 6.07) is 0. The van der Waals surface area contributed by atoms with Gasteiger partial charge < -0.3 is 5.48 Å². The molecule has 0 aliphatic carbocycles. The van der Waals surface area contributed by atoms with Crippen molar-refractivity contribution < 1.29 is 5.48 Å². The van der Waals surface area contributed by atoms with Gasteiger partial charge in [-0.3, -0.25) is 0 Å². The molecule has 0 saturated carbocycles. The van der Waals surface area contributed by atoms with Crippen LogP contribution in [0.2, 0.25) is 0 Å². The fourth-order valence-corrected chi connectivity index (χ4v) is 0. The largest absolute Gasteiger partial charge is 2.00 e. The predicted octanol–water partition coefficient (Wildman–Crippen LogP) is -4.11. The number of hydrogen-bond donors (Lipinski definition) is 0. The Kier molecular flexibility index (Phi) is 1060. The zero-order chi connectivity index (χ0) is 0. The van der Waals surface area contributed by atoms with E-state index in [9.17, 15) is 0 Å². The van der Waals surface area contributed by atoms with Crippen molar-refractivity contribution in [2.75, 3.05) is 0 Å². The van der Waals surface area contributed by atoms with Crippen LogP contribution < -0.4 is 0 Å². The van der Waals surface area contributed by atoms with Gasteiger partial charge in [0.2, 0.25) is 0 Å². The average molecular weight is 72.0 g/mol. The molecule has 0 heterocycles. The summed E-state index contributed by atoms with van der Waals surface area (Å²) in [6.45, 7) is 0. The molecule has 0 radical (unpaired) electrons. The van der Waals surface area contributed by atoms with Crippen LogP contribution in [0.5, 0.6) is 0 Å².